The molecule has 0 saturated heterocycles. The van der Waals surface area contributed by atoms with Crippen LogP contribution < -0.4 is 5.32 Å². The average molecular weight is 317 g/mol. The van der Waals surface area contributed by atoms with Gasteiger partial charge in [0.1, 0.15) is 0 Å². The van der Waals surface area contributed by atoms with Crippen LogP contribution in [0.5, 0.6) is 0 Å². The molecule has 2 rings (SSSR count). The summed E-state index contributed by atoms with van der Waals surface area (Å²) in [5.41, 5.74) is 2.69. The molecule has 1 saturated carbocycles. The molecule has 94 valence electrons. The molecule has 0 heterocycles. The van der Waals surface area contributed by atoms with Gasteiger partial charge in [-0.15, -0.1) is 0 Å². The van der Waals surface area contributed by atoms with E-state index in [0.29, 0.717) is 11.5 Å². The molecule has 17 heavy (non-hydrogen) atoms. The van der Waals surface area contributed by atoms with Crippen LogP contribution in [0.25, 0.3) is 0 Å². The van der Waals surface area contributed by atoms with Crippen molar-refractivity contribution in [3.8, 4) is 0 Å². The topological polar surface area (TPSA) is 12.0 Å². The highest BCUT2D eigenvalue weighted by molar-refractivity contribution is 9.10. The van der Waals surface area contributed by atoms with Crippen LogP contribution in [0, 0.1) is 12.3 Å². The maximum absolute atomic E-state index is 6.17. The van der Waals surface area contributed by atoms with E-state index < -0.39 is 0 Å². The lowest BCUT2D eigenvalue weighted by Crippen LogP contribution is -2.17. The Bertz CT molecular complexity index is 428. The Hall–Kier alpha value is -0.210. The SMILES string of the molecule is Cc1cc(Br)c(NC2CCC(C)(C)C2)cc1Cl. The van der Waals surface area contributed by atoms with E-state index in [9.17, 15) is 0 Å². The fourth-order valence-electron chi connectivity index (χ4n) is 2.54. The molecule has 1 aromatic carbocycles. The fraction of sp³-hybridized carbons (Fsp3) is 0.571. The number of anilines is 1. The summed E-state index contributed by atoms with van der Waals surface area (Å²) < 4.78 is 1.10. The lowest BCUT2D eigenvalue weighted by atomic mass is 9.92. The summed E-state index contributed by atoms with van der Waals surface area (Å²) in [4.78, 5) is 0. The van der Waals surface area contributed by atoms with E-state index in [1.54, 1.807) is 0 Å². The van der Waals surface area contributed by atoms with Crippen molar-refractivity contribution >= 4 is 33.2 Å². The van der Waals surface area contributed by atoms with Crippen molar-refractivity contribution in [1.29, 1.82) is 0 Å². The number of nitrogens with one attached hydrogen (secondary N) is 1. The zero-order chi connectivity index (χ0) is 12.6. The Morgan fingerprint density at radius 3 is 2.71 bits per heavy atom. The number of hydrogen-bond acceptors (Lipinski definition) is 1. The predicted octanol–water partition coefficient (Wildman–Crippen LogP) is 5.40. The van der Waals surface area contributed by atoms with Crippen LogP contribution in [-0.2, 0) is 0 Å². The van der Waals surface area contributed by atoms with Crippen molar-refractivity contribution < 1.29 is 0 Å². The third-order valence-electron chi connectivity index (χ3n) is 3.58. The maximum atomic E-state index is 6.17. The van der Waals surface area contributed by atoms with E-state index in [-0.39, 0.29) is 0 Å². The van der Waals surface area contributed by atoms with Crippen molar-refractivity contribution in [2.24, 2.45) is 5.41 Å². The van der Waals surface area contributed by atoms with Gasteiger partial charge in [-0.05, 0) is 65.2 Å². The molecule has 0 radical (unpaired) electrons. The lowest BCUT2D eigenvalue weighted by Gasteiger charge is -2.19. The van der Waals surface area contributed by atoms with Gasteiger partial charge < -0.3 is 5.32 Å². The van der Waals surface area contributed by atoms with Crippen LogP contribution in [0.2, 0.25) is 5.02 Å². The van der Waals surface area contributed by atoms with Gasteiger partial charge in [0.25, 0.3) is 0 Å². The molecule has 0 bridgehead atoms. The van der Waals surface area contributed by atoms with Crippen molar-refractivity contribution in [3.05, 3.63) is 27.2 Å². The molecular formula is C14H19BrClN. The van der Waals surface area contributed by atoms with Crippen LogP contribution >= 0.6 is 27.5 Å². The minimum Gasteiger partial charge on any atom is -0.381 e. The van der Waals surface area contributed by atoms with E-state index in [4.69, 9.17) is 11.6 Å². The van der Waals surface area contributed by atoms with Gasteiger partial charge in [-0.2, -0.15) is 0 Å². The van der Waals surface area contributed by atoms with Gasteiger partial charge in [-0.1, -0.05) is 25.4 Å². The van der Waals surface area contributed by atoms with E-state index >= 15 is 0 Å². The summed E-state index contributed by atoms with van der Waals surface area (Å²) in [5, 5.41) is 4.43. The molecule has 1 aliphatic rings. The number of rotatable bonds is 2. The molecule has 1 unspecified atom stereocenters. The van der Waals surface area contributed by atoms with Crippen molar-refractivity contribution in [2.45, 2.75) is 46.1 Å². The normalized spacial score (nSPS) is 22.8. The first-order valence-corrected chi connectivity index (χ1v) is 7.27. The Morgan fingerprint density at radius 2 is 2.12 bits per heavy atom. The highest BCUT2D eigenvalue weighted by Crippen LogP contribution is 2.39. The van der Waals surface area contributed by atoms with Gasteiger partial charge in [0.2, 0.25) is 0 Å². The zero-order valence-electron chi connectivity index (χ0n) is 10.6. The van der Waals surface area contributed by atoms with Crippen LogP contribution in [0.4, 0.5) is 5.69 Å². The molecule has 0 aliphatic heterocycles. The molecule has 1 aliphatic carbocycles. The Morgan fingerprint density at radius 1 is 1.41 bits per heavy atom. The first-order valence-electron chi connectivity index (χ1n) is 6.09. The van der Waals surface area contributed by atoms with Gasteiger partial charge in [0, 0.05) is 15.5 Å². The Labute approximate surface area is 117 Å². The lowest BCUT2D eigenvalue weighted by molar-refractivity contribution is 0.378. The minimum absolute atomic E-state index is 0.471. The number of benzene rings is 1. The van der Waals surface area contributed by atoms with Gasteiger partial charge in [0.15, 0.2) is 0 Å². The summed E-state index contributed by atoms with van der Waals surface area (Å²) in [7, 11) is 0. The second-order valence-electron chi connectivity index (χ2n) is 5.83. The predicted molar refractivity (Wildman–Crippen MR) is 78.9 cm³/mol. The van der Waals surface area contributed by atoms with E-state index in [1.165, 1.54) is 19.3 Å². The molecule has 0 amide bonds. The summed E-state index contributed by atoms with van der Waals surface area (Å²) >= 11 is 9.76. The second kappa shape index (κ2) is 4.81. The summed E-state index contributed by atoms with van der Waals surface area (Å²) in [6.45, 7) is 6.70. The van der Waals surface area contributed by atoms with E-state index in [0.717, 1.165) is 20.7 Å². The monoisotopic (exact) mass is 315 g/mol. The number of hydrogen-bond donors (Lipinski definition) is 1. The van der Waals surface area contributed by atoms with Crippen LogP contribution in [0.3, 0.4) is 0 Å². The molecule has 0 spiro atoms. The summed E-state index contributed by atoms with van der Waals surface area (Å²) in [6, 6.07) is 4.66. The third-order valence-corrected chi connectivity index (χ3v) is 4.64. The number of halogens is 2. The molecule has 0 aromatic heterocycles. The summed E-state index contributed by atoms with van der Waals surface area (Å²) in [5.74, 6) is 0. The smallest absolute Gasteiger partial charge is 0.0501 e. The largest absolute Gasteiger partial charge is 0.381 e. The minimum atomic E-state index is 0.471. The summed E-state index contributed by atoms with van der Waals surface area (Å²) in [6.07, 6.45) is 3.76. The van der Waals surface area contributed by atoms with Crippen LogP contribution in [-0.4, -0.2) is 6.04 Å². The van der Waals surface area contributed by atoms with E-state index in [2.05, 4.69) is 41.2 Å². The molecule has 1 nitrogen and oxygen atoms in total. The first kappa shape index (κ1) is 13.2. The fourth-order valence-corrected chi connectivity index (χ4v) is 3.27. The highest BCUT2D eigenvalue weighted by Gasteiger charge is 2.30. The van der Waals surface area contributed by atoms with Crippen molar-refractivity contribution in [3.63, 3.8) is 0 Å². The average Bonchev–Trinajstić information content (AvgIpc) is 2.54. The second-order valence-corrected chi connectivity index (χ2v) is 7.09. The van der Waals surface area contributed by atoms with Crippen LogP contribution in [0.1, 0.15) is 38.7 Å². The molecule has 3 heteroatoms. The molecular weight excluding hydrogens is 298 g/mol. The molecule has 1 atom stereocenters. The Balaban J connectivity index is 2.12. The Kier molecular flexibility index (Phi) is 3.74. The van der Waals surface area contributed by atoms with E-state index in [1.807, 2.05) is 13.0 Å². The zero-order valence-corrected chi connectivity index (χ0v) is 13.0. The quantitative estimate of drug-likeness (QED) is 0.770. The molecule has 1 aromatic rings. The standard InChI is InChI=1S/C14H19BrClN/c1-9-6-11(15)13(7-12(9)16)17-10-4-5-14(2,3)8-10/h6-7,10,17H,4-5,8H2,1-3H3. The van der Waals surface area contributed by atoms with Crippen molar-refractivity contribution in [2.75, 3.05) is 5.32 Å². The van der Waals surface area contributed by atoms with Gasteiger partial charge in [0.05, 0.1) is 5.69 Å². The molecule has 1 N–H and O–H groups in total. The van der Waals surface area contributed by atoms with Crippen LogP contribution in [0.15, 0.2) is 16.6 Å². The van der Waals surface area contributed by atoms with Crippen molar-refractivity contribution in [1.82, 2.24) is 0 Å². The van der Waals surface area contributed by atoms with Gasteiger partial charge in [-0.25, -0.2) is 0 Å². The number of aryl methyl sites for hydroxylation is 1. The third kappa shape index (κ3) is 3.17. The maximum Gasteiger partial charge on any atom is 0.0501 e. The first-order chi connectivity index (χ1) is 7.87. The van der Waals surface area contributed by atoms with Gasteiger partial charge >= 0.3 is 0 Å². The highest BCUT2D eigenvalue weighted by atomic mass is 79.9. The molecule has 1 fully saturated rings. The van der Waals surface area contributed by atoms with Gasteiger partial charge in [-0.3, -0.25) is 0 Å².